The standard InChI is InChI=1S/C14H18O3/c1-2-11-5-3-4-6-12(11)17-10-14(7-8-14)9-13(15)16/h3-6H,2,7-10H2,1H3,(H,15,16). The molecule has 0 bridgehead atoms. The van der Waals surface area contributed by atoms with Crippen molar-refractivity contribution < 1.29 is 14.6 Å². The second kappa shape index (κ2) is 4.78. The number of para-hydroxylation sites is 1. The minimum absolute atomic E-state index is 0.104. The van der Waals surface area contributed by atoms with Crippen LogP contribution in [-0.4, -0.2) is 17.7 Å². The molecule has 1 N–H and O–H groups in total. The van der Waals surface area contributed by atoms with Crippen LogP contribution in [0.5, 0.6) is 5.75 Å². The van der Waals surface area contributed by atoms with Gasteiger partial charge >= 0.3 is 5.97 Å². The summed E-state index contributed by atoms with van der Waals surface area (Å²) in [6, 6.07) is 7.95. The van der Waals surface area contributed by atoms with Crippen molar-refractivity contribution in [1.82, 2.24) is 0 Å². The first-order valence-corrected chi connectivity index (χ1v) is 6.08. The van der Waals surface area contributed by atoms with Crippen molar-refractivity contribution in [3.63, 3.8) is 0 Å². The molecule has 1 aliphatic rings. The van der Waals surface area contributed by atoms with E-state index in [4.69, 9.17) is 9.84 Å². The molecule has 3 heteroatoms. The highest BCUT2D eigenvalue weighted by Crippen LogP contribution is 2.49. The Morgan fingerprint density at radius 2 is 2.12 bits per heavy atom. The van der Waals surface area contributed by atoms with Crippen molar-refractivity contribution in [2.24, 2.45) is 5.41 Å². The lowest BCUT2D eigenvalue weighted by molar-refractivity contribution is -0.138. The Kier molecular flexibility index (Phi) is 3.36. The fourth-order valence-corrected chi connectivity index (χ4v) is 2.04. The first-order chi connectivity index (χ1) is 8.15. The van der Waals surface area contributed by atoms with Crippen LogP contribution in [0.25, 0.3) is 0 Å². The van der Waals surface area contributed by atoms with E-state index in [-0.39, 0.29) is 11.8 Å². The van der Waals surface area contributed by atoms with Crippen LogP contribution in [0.1, 0.15) is 31.7 Å². The number of hydrogen-bond acceptors (Lipinski definition) is 2. The lowest BCUT2D eigenvalue weighted by Gasteiger charge is -2.16. The third kappa shape index (κ3) is 2.99. The molecule has 1 fully saturated rings. The van der Waals surface area contributed by atoms with Crippen LogP contribution in [0, 0.1) is 5.41 Å². The van der Waals surface area contributed by atoms with E-state index in [1.165, 1.54) is 5.56 Å². The Hall–Kier alpha value is -1.51. The van der Waals surface area contributed by atoms with Crippen molar-refractivity contribution in [3.8, 4) is 5.75 Å². The minimum Gasteiger partial charge on any atom is -0.493 e. The summed E-state index contributed by atoms with van der Waals surface area (Å²) < 4.78 is 5.79. The maximum absolute atomic E-state index is 10.7. The summed E-state index contributed by atoms with van der Waals surface area (Å²) in [5.41, 5.74) is 1.07. The van der Waals surface area contributed by atoms with Crippen LogP contribution in [-0.2, 0) is 11.2 Å². The van der Waals surface area contributed by atoms with E-state index in [2.05, 4.69) is 6.92 Å². The molecule has 17 heavy (non-hydrogen) atoms. The fourth-order valence-electron chi connectivity index (χ4n) is 2.04. The highest BCUT2D eigenvalue weighted by molar-refractivity contribution is 5.68. The number of carbonyl (C=O) groups is 1. The molecule has 0 radical (unpaired) electrons. The Bertz CT molecular complexity index is 408. The summed E-state index contributed by atoms with van der Waals surface area (Å²) >= 11 is 0. The van der Waals surface area contributed by atoms with Crippen LogP contribution in [0.4, 0.5) is 0 Å². The molecule has 1 aromatic carbocycles. The van der Waals surface area contributed by atoms with Crippen molar-refractivity contribution in [3.05, 3.63) is 29.8 Å². The lowest BCUT2D eigenvalue weighted by Crippen LogP contribution is -2.17. The molecule has 0 amide bonds. The van der Waals surface area contributed by atoms with E-state index >= 15 is 0 Å². The summed E-state index contributed by atoms with van der Waals surface area (Å²) in [5, 5.41) is 8.83. The van der Waals surface area contributed by atoms with Gasteiger partial charge in [-0.15, -0.1) is 0 Å². The third-order valence-corrected chi connectivity index (χ3v) is 3.37. The lowest BCUT2D eigenvalue weighted by atomic mass is 10.0. The number of carboxylic acid groups (broad SMARTS) is 1. The van der Waals surface area contributed by atoms with Crippen molar-refractivity contribution in [2.45, 2.75) is 32.6 Å². The van der Waals surface area contributed by atoms with Crippen LogP contribution in [0.15, 0.2) is 24.3 Å². The highest BCUT2D eigenvalue weighted by atomic mass is 16.5. The number of benzene rings is 1. The number of hydrogen-bond donors (Lipinski definition) is 1. The molecule has 0 aromatic heterocycles. The third-order valence-electron chi connectivity index (χ3n) is 3.37. The second-order valence-electron chi connectivity index (χ2n) is 4.82. The van der Waals surface area contributed by atoms with Gasteiger partial charge in [-0.3, -0.25) is 4.79 Å². The number of aliphatic carboxylic acids is 1. The van der Waals surface area contributed by atoms with Crippen molar-refractivity contribution in [2.75, 3.05) is 6.61 Å². The average Bonchev–Trinajstić information content (AvgIpc) is 3.06. The van der Waals surface area contributed by atoms with Gasteiger partial charge in [0.25, 0.3) is 0 Å². The fraction of sp³-hybridized carbons (Fsp3) is 0.500. The molecule has 0 heterocycles. The molecule has 1 aliphatic carbocycles. The van der Waals surface area contributed by atoms with E-state index in [1.54, 1.807) is 0 Å². The predicted octanol–water partition coefficient (Wildman–Crippen LogP) is 2.88. The van der Waals surface area contributed by atoms with Crippen LogP contribution in [0.2, 0.25) is 0 Å². The Morgan fingerprint density at radius 1 is 1.41 bits per heavy atom. The maximum Gasteiger partial charge on any atom is 0.304 e. The number of carboxylic acids is 1. The van der Waals surface area contributed by atoms with Gasteiger partial charge in [-0.05, 0) is 30.9 Å². The summed E-state index contributed by atoms with van der Waals surface area (Å²) in [6.45, 7) is 2.61. The largest absolute Gasteiger partial charge is 0.493 e. The molecule has 2 rings (SSSR count). The van der Waals surface area contributed by atoms with Gasteiger partial charge in [-0.25, -0.2) is 0 Å². The quantitative estimate of drug-likeness (QED) is 0.823. The SMILES string of the molecule is CCc1ccccc1OCC1(CC(=O)O)CC1. The van der Waals surface area contributed by atoms with Gasteiger partial charge in [0.05, 0.1) is 13.0 Å². The Labute approximate surface area is 101 Å². The smallest absolute Gasteiger partial charge is 0.304 e. The van der Waals surface area contributed by atoms with E-state index < -0.39 is 5.97 Å². The first kappa shape index (κ1) is 12.0. The van der Waals surface area contributed by atoms with E-state index in [0.717, 1.165) is 25.0 Å². The van der Waals surface area contributed by atoms with Crippen molar-refractivity contribution >= 4 is 5.97 Å². The van der Waals surface area contributed by atoms with Gasteiger partial charge in [0.2, 0.25) is 0 Å². The monoisotopic (exact) mass is 234 g/mol. The molecule has 0 atom stereocenters. The molecule has 1 saturated carbocycles. The zero-order valence-electron chi connectivity index (χ0n) is 10.1. The molecule has 0 aliphatic heterocycles. The molecule has 0 saturated heterocycles. The summed E-state index contributed by atoms with van der Waals surface area (Å²) in [5.74, 6) is 0.168. The molecule has 3 nitrogen and oxygen atoms in total. The number of aryl methyl sites for hydroxylation is 1. The summed E-state index contributed by atoms with van der Waals surface area (Å²) in [6.07, 6.45) is 3.09. The van der Waals surface area contributed by atoms with Gasteiger partial charge in [-0.2, -0.15) is 0 Å². The average molecular weight is 234 g/mol. The van der Waals surface area contributed by atoms with Gasteiger partial charge in [0.1, 0.15) is 5.75 Å². The zero-order valence-corrected chi connectivity index (χ0v) is 10.1. The van der Waals surface area contributed by atoms with Gasteiger partial charge in [0.15, 0.2) is 0 Å². The molecule has 92 valence electrons. The van der Waals surface area contributed by atoms with Crippen molar-refractivity contribution in [1.29, 1.82) is 0 Å². The van der Waals surface area contributed by atoms with Crippen LogP contribution >= 0.6 is 0 Å². The Balaban J connectivity index is 1.96. The number of rotatable bonds is 6. The van der Waals surface area contributed by atoms with E-state index in [0.29, 0.717) is 6.61 Å². The molecule has 0 spiro atoms. The molecule has 0 unspecified atom stereocenters. The topological polar surface area (TPSA) is 46.5 Å². The van der Waals surface area contributed by atoms with E-state index in [9.17, 15) is 4.79 Å². The predicted molar refractivity (Wildman–Crippen MR) is 65.2 cm³/mol. The highest BCUT2D eigenvalue weighted by Gasteiger charge is 2.45. The molecular formula is C14H18O3. The summed E-state index contributed by atoms with van der Waals surface area (Å²) in [7, 11) is 0. The maximum atomic E-state index is 10.7. The normalized spacial score (nSPS) is 16.5. The minimum atomic E-state index is -0.727. The number of ether oxygens (including phenoxy) is 1. The van der Waals surface area contributed by atoms with Gasteiger partial charge < -0.3 is 9.84 Å². The van der Waals surface area contributed by atoms with Crippen LogP contribution in [0.3, 0.4) is 0 Å². The second-order valence-corrected chi connectivity index (χ2v) is 4.82. The van der Waals surface area contributed by atoms with E-state index in [1.807, 2.05) is 24.3 Å². The van der Waals surface area contributed by atoms with Gasteiger partial charge in [-0.1, -0.05) is 25.1 Å². The zero-order chi connectivity index (χ0) is 12.3. The molecular weight excluding hydrogens is 216 g/mol. The first-order valence-electron chi connectivity index (χ1n) is 6.08. The van der Waals surface area contributed by atoms with Gasteiger partial charge in [0, 0.05) is 5.41 Å². The molecule has 1 aromatic rings. The Morgan fingerprint density at radius 3 is 2.71 bits per heavy atom. The van der Waals surface area contributed by atoms with Crippen LogP contribution < -0.4 is 4.74 Å². The summed E-state index contributed by atoms with van der Waals surface area (Å²) in [4.78, 5) is 10.7.